The zero-order valence-electron chi connectivity index (χ0n) is 21.8. The lowest BCUT2D eigenvalue weighted by Gasteiger charge is -2.13. The van der Waals surface area contributed by atoms with Crippen LogP contribution in [0.5, 0.6) is 0 Å². The van der Waals surface area contributed by atoms with Gasteiger partial charge < -0.3 is 0 Å². The Balaban J connectivity index is 2.43. The van der Waals surface area contributed by atoms with Gasteiger partial charge in [0.05, 0.1) is 13.7 Å². The minimum atomic E-state index is -0.496. The molecule has 0 nitrogen and oxygen atoms in total. The molecule has 0 aliphatic carbocycles. The molecule has 0 heterocycles. The van der Waals surface area contributed by atoms with Crippen LogP contribution >= 0.6 is 0 Å². The van der Waals surface area contributed by atoms with Gasteiger partial charge in [-0.25, -0.2) is 0 Å². The van der Waals surface area contributed by atoms with Gasteiger partial charge in [0.1, 0.15) is 0 Å². The van der Waals surface area contributed by atoms with E-state index in [9.17, 15) is 0 Å². The van der Waals surface area contributed by atoms with Crippen molar-refractivity contribution in [3.63, 3.8) is 0 Å². The molecule has 21 heavy (non-hydrogen) atoms. The zero-order valence-corrected chi connectivity index (χ0v) is 11.8. The molecule has 3 aromatic carbocycles. The van der Waals surface area contributed by atoms with Crippen LogP contribution in [-0.2, 0) is 0 Å². The normalized spacial score (nSPS) is 17.5. The Hall–Kier alpha value is -2.34. The smallest absolute Gasteiger partial charge is 0.0622 e. The second kappa shape index (κ2) is 5.97. The van der Waals surface area contributed by atoms with Gasteiger partial charge in [-0.05, 0) is 39.8 Å². The molecule has 3 rings (SSSR count). The van der Waals surface area contributed by atoms with Crippen molar-refractivity contribution in [2.45, 2.75) is 19.8 Å². The van der Waals surface area contributed by atoms with Gasteiger partial charge >= 0.3 is 0 Å². The topological polar surface area (TPSA) is 0 Å². The van der Waals surface area contributed by atoms with Crippen molar-refractivity contribution in [1.82, 2.24) is 0 Å². The van der Waals surface area contributed by atoms with Crippen LogP contribution < -0.4 is 0 Å². The molecule has 0 saturated carbocycles. The van der Waals surface area contributed by atoms with E-state index in [4.69, 9.17) is 13.7 Å². The molecular weight excluding hydrogens is 252 g/mol. The molecule has 0 aliphatic rings. The summed E-state index contributed by atoms with van der Waals surface area (Å²) in [6.07, 6.45) is 0. The summed E-state index contributed by atoms with van der Waals surface area (Å²) >= 11 is 0. The Bertz CT molecular complexity index is 1070. The first kappa shape index (κ1) is 6.19. The molecule has 3 aromatic rings. The Morgan fingerprint density at radius 1 is 0.619 bits per heavy atom. The van der Waals surface area contributed by atoms with E-state index in [1.165, 1.54) is 6.07 Å². The van der Waals surface area contributed by atoms with Crippen molar-refractivity contribution in [3.8, 4) is 22.3 Å². The van der Waals surface area contributed by atoms with E-state index in [2.05, 4.69) is 0 Å². The van der Waals surface area contributed by atoms with Gasteiger partial charge in [-0.15, -0.1) is 0 Å². The third kappa shape index (κ3) is 3.05. The fourth-order valence-corrected chi connectivity index (χ4v) is 2.06. The van der Waals surface area contributed by atoms with Crippen LogP contribution in [0.1, 0.15) is 39.0 Å². The first-order valence-corrected chi connectivity index (χ1v) is 6.68. The van der Waals surface area contributed by atoms with Crippen molar-refractivity contribution in [3.05, 3.63) is 84.2 Å². The Morgan fingerprint density at radius 3 is 1.43 bits per heavy atom. The molecule has 0 aromatic heterocycles. The molecule has 0 bridgehead atoms. The average Bonchev–Trinajstić information content (AvgIpc) is 2.73. The minimum Gasteiger partial charge on any atom is -0.0622 e. The van der Waals surface area contributed by atoms with Gasteiger partial charge in [0.15, 0.2) is 0 Å². The summed E-state index contributed by atoms with van der Waals surface area (Å²) in [6.45, 7) is 3.82. The molecule has 0 saturated heterocycles. The average molecular weight is 282 g/mol. The molecule has 0 radical (unpaired) electrons. The zero-order chi connectivity index (χ0) is 23.4. The summed E-state index contributed by atoms with van der Waals surface area (Å²) in [6, 6.07) is 0.628. The van der Waals surface area contributed by atoms with Crippen LogP contribution in [0.25, 0.3) is 22.3 Å². The van der Waals surface area contributed by atoms with Crippen LogP contribution in [0, 0.1) is 0 Å². The fraction of sp³-hybridized carbons (Fsp3) is 0.143. The number of rotatable bonds is 3. The van der Waals surface area contributed by atoms with E-state index in [1.54, 1.807) is 12.1 Å². The third-order valence-electron chi connectivity index (χ3n) is 3.20. The second-order valence-corrected chi connectivity index (χ2v) is 5.00. The highest BCUT2D eigenvalue weighted by atomic mass is 14.1. The predicted molar refractivity (Wildman–Crippen MR) is 91.4 cm³/mol. The maximum Gasteiger partial charge on any atom is 0.0629 e. The summed E-state index contributed by atoms with van der Waals surface area (Å²) in [4.78, 5) is 0. The molecule has 0 heteroatoms. The quantitative estimate of drug-likeness (QED) is 0.541. The van der Waals surface area contributed by atoms with Gasteiger partial charge in [0.25, 0.3) is 0 Å². The standard InChI is InChI=1S/C21H20/c1-16(2)19-13-20(17-9-5-3-6-10-17)15-21(14-19)18-11-7-4-8-12-18/h3-16H,1-2H3/i3D,4D,5D,6D,7D,8D,9D,10D,11D,12D. The van der Waals surface area contributed by atoms with Crippen molar-refractivity contribution in [2.24, 2.45) is 0 Å². The Kier molecular flexibility index (Phi) is 1.76. The number of benzene rings is 3. The summed E-state index contributed by atoms with van der Waals surface area (Å²) < 4.78 is 80.5. The van der Waals surface area contributed by atoms with Gasteiger partial charge in [0.2, 0.25) is 0 Å². The summed E-state index contributed by atoms with van der Waals surface area (Å²) in [5, 5.41) is 0. The molecule has 0 fully saturated rings. The van der Waals surface area contributed by atoms with Crippen molar-refractivity contribution < 1.29 is 13.7 Å². The molecule has 104 valence electrons. The highest BCUT2D eigenvalue weighted by Crippen LogP contribution is 2.30. The second-order valence-electron chi connectivity index (χ2n) is 5.00. The van der Waals surface area contributed by atoms with Crippen LogP contribution in [0.15, 0.2) is 78.6 Å². The van der Waals surface area contributed by atoms with E-state index in [1.807, 2.05) is 13.8 Å². The highest BCUT2D eigenvalue weighted by Gasteiger charge is 2.07. The summed E-state index contributed by atoms with van der Waals surface area (Å²) in [5.41, 5.74) is 1.39. The van der Waals surface area contributed by atoms with Gasteiger partial charge in [0, 0.05) is 0 Å². The predicted octanol–water partition coefficient (Wildman–Crippen LogP) is 6.14. The number of hydrogen-bond acceptors (Lipinski definition) is 0. The lowest BCUT2D eigenvalue weighted by molar-refractivity contribution is 0.867. The summed E-state index contributed by atoms with van der Waals surface area (Å²) in [5.74, 6) is -0.0202. The Morgan fingerprint density at radius 2 is 1.05 bits per heavy atom. The maximum absolute atomic E-state index is 8.28. The van der Waals surface area contributed by atoms with E-state index < -0.39 is 36.3 Å². The van der Waals surface area contributed by atoms with Crippen molar-refractivity contribution in [1.29, 1.82) is 0 Å². The third-order valence-corrected chi connectivity index (χ3v) is 3.20. The Labute approximate surface area is 141 Å². The largest absolute Gasteiger partial charge is 0.0629 e. The maximum atomic E-state index is 8.28. The summed E-state index contributed by atoms with van der Waals surface area (Å²) in [7, 11) is 0. The molecule has 0 spiro atoms. The fourth-order valence-electron chi connectivity index (χ4n) is 2.06. The van der Waals surface area contributed by atoms with E-state index >= 15 is 0 Å². The first-order valence-electron chi connectivity index (χ1n) is 11.7. The van der Waals surface area contributed by atoms with E-state index in [-0.39, 0.29) is 41.2 Å². The lowest BCUT2D eigenvalue weighted by atomic mass is 9.92. The molecule has 0 aliphatic heterocycles. The van der Waals surface area contributed by atoms with Crippen molar-refractivity contribution >= 4 is 0 Å². The minimum absolute atomic E-state index is 0.00196. The van der Waals surface area contributed by atoms with Crippen LogP contribution in [0.3, 0.4) is 0 Å². The van der Waals surface area contributed by atoms with Crippen LogP contribution in [0.2, 0.25) is 0 Å². The SMILES string of the molecule is [2H]c1c([2H])c([2H])c(-c2cc(-c3c([2H])c([2H])c([2H])c([2H])c3[2H])cc(C(C)C)c2)c([2H])c1[2H]. The van der Waals surface area contributed by atoms with E-state index in [0.29, 0.717) is 11.1 Å². The molecule has 0 N–H and O–H groups in total. The monoisotopic (exact) mass is 282 g/mol. The van der Waals surface area contributed by atoms with Gasteiger partial charge in [-0.2, -0.15) is 0 Å². The first-order chi connectivity index (χ1) is 14.4. The van der Waals surface area contributed by atoms with Crippen molar-refractivity contribution in [2.75, 3.05) is 0 Å². The van der Waals surface area contributed by atoms with E-state index in [0.717, 1.165) is 5.56 Å². The van der Waals surface area contributed by atoms with Crippen LogP contribution in [0.4, 0.5) is 0 Å². The molecule has 0 atom stereocenters. The number of hydrogen-bond donors (Lipinski definition) is 0. The lowest BCUT2D eigenvalue weighted by Crippen LogP contribution is -1.91. The molecule has 0 amide bonds. The van der Waals surface area contributed by atoms with Gasteiger partial charge in [-0.3, -0.25) is 0 Å². The molecular formula is C21H20. The van der Waals surface area contributed by atoms with Gasteiger partial charge in [-0.1, -0.05) is 86.4 Å². The van der Waals surface area contributed by atoms with Crippen LogP contribution in [-0.4, -0.2) is 0 Å². The highest BCUT2D eigenvalue weighted by molar-refractivity contribution is 5.74. The molecule has 0 unspecified atom stereocenters.